The van der Waals surface area contributed by atoms with Crippen molar-refractivity contribution in [1.29, 1.82) is 0 Å². The maximum atomic E-state index is 13.1. The van der Waals surface area contributed by atoms with Crippen LogP contribution < -0.4 is 4.80 Å². The average Bonchev–Trinajstić information content (AvgIpc) is 3.29. The maximum Gasteiger partial charge on any atom is 0.309 e. The van der Waals surface area contributed by atoms with Crippen molar-refractivity contribution in [2.24, 2.45) is 10.3 Å². The Hall–Kier alpha value is -3.24. The molecule has 4 rings (SSSR count). The lowest BCUT2D eigenvalue weighted by Crippen LogP contribution is -2.40. The number of carbonyl (C=O) groups excluding carboxylic acids is 2. The number of ether oxygens (including phenoxy) is 1. The zero-order valence-electron chi connectivity index (χ0n) is 20.3. The van der Waals surface area contributed by atoms with E-state index in [9.17, 15) is 18.0 Å². The molecule has 2 heterocycles. The van der Waals surface area contributed by atoms with Crippen LogP contribution in [0.3, 0.4) is 0 Å². The lowest BCUT2D eigenvalue weighted by molar-refractivity contribution is -0.149. The van der Waals surface area contributed by atoms with E-state index < -0.39 is 10.0 Å². The number of sulfonamides is 1. The number of hydrogen-bond donors (Lipinski definition) is 0. The molecule has 1 aromatic heterocycles. The van der Waals surface area contributed by atoms with Crippen molar-refractivity contribution in [1.82, 2.24) is 9.47 Å². The molecule has 1 aliphatic heterocycles. The van der Waals surface area contributed by atoms with E-state index in [1.165, 1.54) is 11.3 Å². The molecule has 1 saturated heterocycles. The summed E-state index contributed by atoms with van der Waals surface area (Å²) in [6, 6.07) is 13.9. The Bertz CT molecular complexity index is 1400. The molecule has 2 aromatic carbocycles. The molecule has 0 aliphatic carbocycles. The number of aryl methyl sites for hydroxylation is 1. The zero-order valence-corrected chi connectivity index (χ0v) is 21.9. The van der Waals surface area contributed by atoms with Crippen molar-refractivity contribution in [2.45, 2.75) is 38.1 Å². The second-order valence-corrected chi connectivity index (χ2v) is 11.2. The van der Waals surface area contributed by atoms with Gasteiger partial charge in [0.05, 0.1) is 17.4 Å². The van der Waals surface area contributed by atoms with Crippen molar-refractivity contribution in [3.05, 3.63) is 81.6 Å². The number of piperidine rings is 1. The van der Waals surface area contributed by atoms with Gasteiger partial charge in [-0.15, -0.1) is 15.7 Å². The zero-order chi connectivity index (χ0) is 25.7. The van der Waals surface area contributed by atoms with E-state index >= 15 is 0 Å². The van der Waals surface area contributed by atoms with Gasteiger partial charge in [-0.05, 0) is 56.5 Å². The predicted octanol–water partition coefficient (Wildman–Crippen LogP) is 3.61. The summed E-state index contributed by atoms with van der Waals surface area (Å²) in [5.74, 6) is -0.431. The van der Waals surface area contributed by atoms with Crippen LogP contribution in [-0.4, -0.2) is 49.5 Å². The third kappa shape index (κ3) is 6.11. The van der Waals surface area contributed by atoms with E-state index in [0.29, 0.717) is 49.4 Å². The molecule has 1 amide bonds. The number of thiazole rings is 1. The van der Waals surface area contributed by atoms with Gasteiger partial charge in [0.25, 0.3) is 15.9 Å². The van der Waals surface area contributed by atoms with Crippen LogP contribution in [0.5, 0.6) is 0 Å². The van der Waals surface area contributed by atoms with E-state index in [1.807, 2.05) is 25.1 Å². The predicted molar refractivity (Wildman–Crippen MR) is 137 cm³/mol. The average molecular weight is 528 g/mol. The highest BCUT2D eigenvalue weighted by molar-refractivity contribution is 7.90. The van der Waals surface area contributed by atoms with E-state index in [1.54, 1.807) is 58.3 Å². The van der Waals surface area contributed by atoms with Crippen molar-refractivity contribution in [2.75, 3.05) is 19.7 Å². The van der Waals surface area contributed by atoms with Gasteiger partial charge in [0.15, 0.2) is 0 Å². The quantitative estimate of drug-likeness (QED) is 0.437. The van der Waals surface area contributed by atoms with Crippen LogP contribution in [0, 0.1) is 12.8 Å². The lowest BCUT2D eigenvalue weighted by Gasteiger charge is -2.31. The molecule has 0 radical (unpaired) electrons. The number of rotatable bonds is 7. The molecule has 0 unspecified atom stereocenters. The molecular formula is C26H29N3O5S2. The largest absolute Gasteiger partial charge is 0.466 e. The topological polar surface area (TPSA) is 98.0 Å². The van der Waals surface area contributed by atoms with Crippen LogP contribution >= 0.6 is 11.3 Å². The third-order valence-electron chi connectivity index (χ3n) is 6.11. The first-order valence-electron chi connectivity index (χ1n) is 11.8. The maximum absolute atomic E-state index is 13.1. The fourth-order valence-corrected chi connectivity index (χ4v) is 6.07. The van der Waals surface area contributed by atoms with Crippen LogP contribution in [0.2, 0.25) is 0 Å². The Labute approximate surface area is 214 Å². The first-order chi connectivity index (χ1) is 17.3. The minimum Gasteiger partial charge on any atom is -0.466 e. The fourth-order valence-electron chi connectivity index (χ4n) is 4.12. The Kier molecular flexibility index (Phi) is 8.05. The third-order valence-corrected chi connectivity index (χ3v) is 8.30. The summed E-state index contributed by atoms with van der Waals surface area (Å²) in [6.45, 7) is 5.43. The van der Waals surface area contributed by atoms with Gasteiger partial charge < -0.3 is 14.2 Å². The first-order valence-corrected chi connectivity index (χ1v) is 14.2. The molecule has 0 spiro atoms. The lowest BCUT2D eigenvalue weighted by atomic mass is 9.96. The highest BCUT2D eigenvalue weighted by atomic mass is 32.2. The number of benzene rings is 2. The normalized spacial score (nSPS) is 15.2. The molecule has 1 fully saturated rings. The van der Waals surface area contributed by atoms with Gasteiger partial charge in [0, 0.05) is 36.8 Å². The number of esters is 1. The summed E-state index contributed by atoms with van der Waals surface area (Å²) >= 11 is 1.24. The van der Waals surface area contributed by atoms with Gasteiger partial charge in [-0.25, -0.2) is 0 Å². The number of nitrogens with zero attached hydrogens (tertiary/aromatic N) is 3. The molecule has 0 saturated carbocycles. The number of hydrogen-bond acceptors (Lipinski definition) is 6. The Morgan fingerprint density at radius 2 is 1.83 bits per heavy atom. The molecular weight excluding hydrogens is 498 g/mol. The highest BCUT2D eigenvalue weighted by Gasteiger charge is 2.28. The van der Waals surface area contributed by atoms with Crippen molar-refractivity contribution in [3.63, 3.8) is 0 Å². The van der Waals surface area contributed by atoms with Gasteiger partial charge in [0.2, 0.25) is 4.80 Å². The summed E-state index contributed by atoms with van der Waals surface area (Å²) in [4.78, 5) is 27.3. The SMILES string of the molecule is CCOC(=O)C1CCN(C(=O)c2cccc(Cn3ccsc3=NS(=O)(=O)c3ccc(C)cc3)c2)CC1. The fraction of sp³-hybridized carbons (Fsp3) is 0.346. The molecule has 36 heavy (non-hydrogen) atoms. The first kappa shape index (κ1) is 25.8. The smallest absolute Gasteiger partial charge is 0.309 e. The second-order valence-electron chi connectivity index (χ2n) is 8.71. The highest BCUT2D eigenvalue weighted by Crippen LogP contribution is 2.21. The second kappa shape index (κ2) is 11.2. The summed E-state index contributed by atoms with van der Waals surface area (Å²) in [6.07, 6.45) is 2.97. The minimum absolute atomic E-state index is 0.0821. The van der Waals surface area contributed by atoms with Crippen LogP contribution in [0.15, 0.2) is 69.4 Å². The molecule has 1 aliphatic rings. The molecule has 190 valence electrons. The van der Waals surface area contributed by atoms with Crippen LogP contribution in [0.1, 0.15) is 41.3 Å². The van der Waals surface area contributed by atoms with Gasteiger partial charge in [-0.2, -0.15) is 8.42 Å². The van der Waals surface area contributed by atoms with E-state index in [-0.39, 0.29) is 22.7 Å². The van der Waals surface area contributed by atoms with Crippen molar-refractivity contribution < 1.29 is 22.7 Å². The van der Waals surface area contributed by atoms with Crippen molar-refractivity contribution in [3.8, 4) is 0 Å². The summed E-state index contributed by atoms with van der Waals surface area (Å²) < 4.78 is 36.5. The number of carbonyl (C=O) groups is 2. The molecule has 0 bridgehead atoms. The van der Waals surface area contributed by atoms with Crippen LogP contribution in [0.25, 0.3) is 0 Å². The summed E-state index contributed by atoms with van der Waals surface area (Å²) in [7, 11) is -3.84. The summed E-state index contributed by atoms with van der Waals surface area (Å²) in [5.41, 5.74) is 2.39. The van der Waals surface area contributed by atoms with E-state index in [2.05, 4.69) is 4.40 Å². The number of likely N-dealkylation sites (tertiary alicyclic amines) is 1. The molecule has 0 N–H and O–H groups in total. The molecule has 0 atom stereocenters. The monoisotopic (exact) mass is 527 g/mol. The Morgan fingerprint density at radius 3 is 2.53 bits per heavy atom. The molecule has 3 aromatic rings. The summed E-state index contributed by atoms with van der Waals surface area (Å²) in [5, 5.41) is 1.78. The minimum atomic E-state index is -3.84. The van der Waals surface area contributed by atoms with Crippen LogP contribution in [-0.2, 0) is 26.1 Å². The van der Waals surface area contributed by atoms with Gasteiger partial charge >= 0.3 is 5.97 Å². The Morgan fingerprint density at radius 1 is 1.11 bits per heavy atom. The number of amides is 1. The van der Waals surface area contributed by atoms with Gasteiger partial charge in [0.1, 0.15) is 0 Å². The standard InChI is InChI=1S/C26H29N3O5S2/c1-3-34-25(31)21-11-13-28(14-12-21)24(30)22-6-4-5-20(17-22)18-29-15-16-35-26(29)27-36(32,33)23-9-7-19(2)8-10-23/h4-10,15-17,21H,3,11-14,18H2,1-2H3. The number of aromatic nitrogens is 1. The Balaban J connectivity index is 1.48. The molecule has 8 nitrogen and oxygen atoms in total. The van der Waals surface area contributed by atoms with Gasteiger partial charge in [-0.1, -0.05) is 29.8 Å². The van der Waals surface area contributed by atoms with E-state index in [4.69, 9.17) is 4.74 Å². The van der Waals surface area contributed by atoms with Crippen molar-refractivity contribution >= 4 is 33.2 Å². The van der Waals surface area contributed by atoms with Gasteiger partial charge in [-0.3, -0.25) is 9.59 Å². The van der Waals surface area contributed by atoms with Crippen LogP contribution in [0.4, 0.5) is 0 Å². The molecule has 10 heteroatoms. The van der Waals surface area contributed by atoms with E-state index in [0.717, 1.165) is 11.1 Å².